The van der Waals surface area contributed by atoms with Crippen LogP contribution in [0.1, 0.15) is 19.8 Å². The molecule has 18 heavy (non-hydrogen) atoms. The van der Waals surface area contributed by atoms with Crippen molar-refractivity contribution in [1.29, 1.82) is 0 Å². The molecule has 4 heteroatoms. The molecule has 4 nitrogen and oxygen atoms in total. The highest BCUT2D eigenvalue weighted by Gasteiger charge is 2.24. The Bertz CT molecular complexity index is 341. The van der Waals surface area contributed by atoms with Gasteiger partial charge in [-0.3, -0.25) is 0 Å². The van der Waals surface area contributed by atoms with Crippen LogP contribution in [0.5, 0.6) is 0 Å². The summed E-state index contributed by atoms with van der Waals surface area (Å²) in [4.78, 5) is 11.8. The van der Waals surface area contributed by atoms with Gasteiger partial charge in [0.15, 0.2) is 6.10 Å². The third-order valence-electron chi connectivity index (χ3n) is 2.78. The zero-order valence-electron chi connectivity index (χ0n) is 10.8. The molecule has 2 N–H and O–H groups in total. The summed E-state index contributed by atoms with van der Waals surface area (Å²) in [5.74, 6) is -0.590. The second-order valence-corrected chi connectivity index (χ2v) is 4.19. The van der Waals surface area contributed by atoms with Gasteiger partial charge in [0, 0.05) is 0 Å². The molecule has 1 saturated heterocycles. The van der Waals surface area contributed by atoms with E-state index in [1.165, 1.54) is 6.08 Å². The number of rotatable bonds is 5. The molecular weight excluding hydrogens is 230 g/mol. The molecule has 0 aromatic rings. The SMILES string of the molecule is C=C/C=C(\C=C/C)[C@@H](O)C(=O)OC1CCNCC1. The maximum Gasteiger partial charge on any atom is 0.339 e. The molecule has 0 unspecified atom stereocenters. The molecule has 0 aromatic carbocycles. The van der Waals surface area contributed by atoms with Crippen LogP contribution in [0.25, 0.3) is 0 Å². The summed E-state index contributed by atoms with van der Waals surface area (Å²) in [5.41, 5.74) is 0.492. The van der Waals surface area contributed by atoms with Crippen LogP contribution in [0.3, 0.4) is 0 Å². The molecule has 100 valence electrons. The number of aliphatic hydroxyl groups excluding tert-OH is 1. The largest absolute Gasteiger partial charge is 0.460 e. The topological polar surface area (TPSA) is 58.6 Å². The second-order valence-electron chi connectivity index (χ2n) is 4.19. The van der Waals surface area contributed by atoms with Crippen LogP contribution >= 0.6 is 0 Å². The van der Waals surface area contributed by atoms with Gasteiger partial charge in [-0.1, -0.05) is 30.9 Å². The van der Waals surface area contributed by atoms with Crippen LogP contribution in [0.2, 0.25) is 0 Å². The quantitative estimate of drug-likeness (QED) is 0.572. The van der Waals surface area contributed by atoms with E-state index in [1.807, 2.05) is 6.92 Å². The molecule has 1 rings (SSSR count). The molecular formula is C14H21NO3. The van der Waals surface area contributed by atoms with Crippen LogP contribution in [0.15, 0.2) is 36.5 Å². The average molecular weight is 251 g/mol. The Morgan fingerprint density at radius 3 is 2.72 bits per heavy atom. The van der Waals surface area contributed by atoms with E-state index < -0.39 is 12.1 Å². The molecule has 0 aliphatic carbocycles. The number of hydrogen-bond donors (Lipinski definition) is 2. The van der Waals surface area contributed by atoms with E-state index in [1.54, 1.807) is 18.2 Å². The smallest absolute Gasteiger partial charge is 0.339 e. The van der Waals surface area contributed by atoms with Crippen LogP contribution in [-0.4, -0.2) is 36.4 Å². The number of aliphatic hydroxyl groups is 1. The molecule has 0 saturated carbocycles. The predicted octanol–water partition coefficient (Wildman–Crippen LogP) is 1.33. The molecule has 0 aromatic heterocycles. The zero-order valence-corrected chi connectivity index (χ0v) is 10.8. The van der Waals surface area contributed by atoms with Crippen molar-refractivity contribution in [3.8, 4) is 0 Å². The van der Waals surface area contributed by atoms with Crippen molar-refractivity contribution in [1.82, 2.24) is 5.32 Å². The lowest BCUT2D eigenvalue weighted by atomic mass is 10.1. The van der Waals surface area contributed by atoms with Crippen molar-refractivity contribution in [3.05, 3.63) is 36.5 Å². The number of hydrogen-bond acceptors (Lipinski definition) is 4. The summed E-state index contributed by atoms with van der Waals surface area (Å²) in [6, 6.07) is 0. The van der Waals surface area contributed by atoms with Crippen LogP contribution < -0.4 is 5.32 Å². The molecule has 0 amide bonds. The molecule has 1 fully saturated rings. The number of ether oxygens (including phenoxy) is 1. The maximum absolute atomic E-state index is 11.8. The van der Waals surface area contributed by atoms with E-state index in [0.29, 0.717) is 5.57 Å². The Kier molecular flexibility index (Phi) is 6.39. The van der Waals surface area contributed by atoms with Gasteiger partial charge in [0.2, 0.25) is 0 Å². The molecule has 0 spiro atoms. The van der Waals surface area contributed by atoms with Gasteiger partial charge in [0.05, 0.1) is 0 Å². The van der Waals surface area contributed by atoms with Gasteiger partial charge >= 0.3 is 5.97 Å². The summed E-state index contributed by atoms with van der Waals surface area (Å²) in [7, 11) is 0. The molecule has 0 radical (unpaired) electrons. The standard InChI is InChI=1S/C14H21NO3/c1-3-5-11(6-4-2)13(16)14(17)18-12-7-9-15-10-8-12/h3-6,12-13,15-16H,1,7-10H2,2H3/b6-4-,11-5+/t13-/m1/s1. The van der Waals surface area contributed by atoms with Crippen molar-refractivity contribution < 1.29 is 14.6 Å². The monoisotopic (exact) mass is 251 g/mol. The Labute approximate surface area is 108 Å². The molecule has 1 heterocycles. The molecule has 1 aliphatic heterocycles. The van der Waals surface area contributed by atoms with E-state index in [4.69, 9.17) is 4.74 Å². The van der Waals surface area contributed by atoms with E-state index >= 15 is 0 Å². The lowest BCUT2D eigenvalue weighted by Crippen LogP contribution is -2.36. The lowest BCUT2D eigenvalue weighted by molar-refractivity contribution is -0.157. The Morgan fingerprint density at radius 1 is 1.50 bits per heavy atom. The van der Waals surface area contributed by atoms with Gasteiger partial charge in [-0.15, -0.1) is 0 Å². The van der Waals surface area contributed by atoms with Gasteiger partial charge < -0.3 is 15.2 Å². The van der Waals surface area contributed by atoms with Crippen molar-refractivity contribution in [2.45, 2.75) is 32.0 Å². The summed E-state index contributed by atoms with van der Waals surface area (Å²) in [6.07, 6.45) is 6.83. The molecule has 1 atom stereocenters. The first-order chi connectivity index (χ1) is 8.69. The first-order valence-corrected chi connectivity index (χ1v) is 6.23. The van der Waals surface area contributed by atoms with Gasteiger partial charge in [0.1, 0.15) is 6.10 Å². The highest BCUT2D eigenvalue weighted by molar-refractivity contribution is 5.79. The summed E-state index contributed by atoms with van der Waals surface area (Å²) >= 11 is 0. The second kappa shape index (κ2) is 7.84. The van der Waals surface area contributed by atoms with Gasteiger partial charge in [-0.25, -0.2) is 4.79 Å². The van der Waals surface area contributed by atoms with E-state index in [9.17, 15) is 9.90 Å². The van der Waals surface area contributed by atoms with E-state index in [-0.39, 0.29) is 6.10 Å². The average Bonchev–Trinajstić information content (AvgIpc) is 2.39. The fourth-order valence-electron chi connectivity index (χ4n) is 1.84. The fourth-order valence-corrected chi connectivity index (χ4v) is 1.84. The Morgan fingerprint density at radius 2 is 2.17 bits per heavy atom. The number of allylic oxidation sites excluding steroid dienone is 3. The highest BCUT2D eigenvalue weighted by Crippen LogP contribution is 2.12. The normalized spacial score (nSPS) is 19.8. The molecule has 0 bridgehead atoms. The van der Waals surface area contributed by atoms with E-state index in [0.717, 1.165) is 25.9 Å². The Balaban J connectivity index is 2.58. The first-order valence-electron chi connectivity index (χ1n) is 6.23. The number of esters is 1. The Hall–Kier alpha value is -1.39. The van der Waals surface area contributed by atoms with Crippen molar-refractivity contribution in [2.24, 2.45) is 0 Å². The first kappa shape index (κ1) is 14.7. The molecule has 1 aliphatic rings. The lowest BCUT2D eigenvalue weighted by Gasteiger charge is -2.24. The number of nitrogens with one attached hydrogen (secondary N) is 1. The minimum absolute atomic E-state index is 0.0935. The van der Waals surface area contributed by atoms with Crippen molar-refractivity contribution >= 4 is 5.97 Å². The van der Waals surface area contributed by atoms with Gasteiger partial charge in [-0.05, 0) is 38.4 Å². The minimum Gasteiger partial charge on any atom is -0.460 e. The van der Waals surface area contributed by atoms with Crippen LogP contribution in [0, 0.1) is 0 Å². The maximum atomic E-state index is 11.8. The number of carbonyl (C=O) groups excluding carboxylic acids is 1. The number of carbonyl (C=O) groups is 1. The number of piperidine rings is 1. The zero-order chi connectivity index (χ0) is 13.4. The van der Waals surface area contributed by atoms with Crippen molar-refractivity contribution in [3.63, 3.8) is 0 Å². The highest BCUT2D eigenvalue weighted by atomic mass is 16.6. The fraction of sp³-hybridized carbons (Fsp3) is 0.500. The third kappa shape index (κ3) is 4.47. The van der Waals surface area contributed by atoms with Crippen LogP contribution in [-0.2, 0) is 9.53 Å². The van der Waals surface area contributed by atoms with Gasteiger partial charge in [0.25, 0.3) is 0 Å². The predicted molar refractivity (Wildman–Crippen MR) is 71.1 cm³/mol. The van der Waals surface area contributed by atoms with Crippen molar-refractivity contribution in [2.75, 3.05) is 13.1 Å². The third-order valence-corrected chi connectivity index (χ3v) is 2.78. The summed E-state index contributed by atoms with van der Waals surface area (Å²) < 4.78 is 5.29. The summed E-state index contributed by atoms with van der Waals surface area (Å²) in [5, 5.41) is 13.1. The minimum atomic E-state index is -1.24. The van der Waals surface area contributed by atoms with Crippen LogP contribution in [0.4, 0.5) is 0 Å². The van der Waals surface area contributed by atoms with Gasteiger partial charge in [-0.2, -0.15) is 0 Å². The summed E-state index contributed by atoms with van der Waals surface area (Å²) in [6.45, 7) is 7.07. The van der Waals surface area contributed by atoms with E-state index in [2.05, 4.69) is 11.9 Å².